The number of hydrogen-bond acceptors (Lipinski definition) is 3. The van der Waals surface area contributed by atoms with Crippen molar-refractivity contribution >= 4 is 17.5 Å². The van der Waals surface area contributed by atoms with Gasteiger partial charge in [-0.05, 0) is 31.8 Å². The molecule has 0 spiro atoms. The van der Waals surface area contributed by atoms with Gasteiger partial charge in [0, 0.05) is 0 Å². The van der Waals surface area contributed by atoms with Gasteiger partial charge in [-0.3, -0.25) is 9.69 Å². The monoisotopic (exact) mass is 242 g/mol. The predicted octanol–water partition coefficient (Wildman–Crippen LogP) is 1.44. The summed E-state index contributed by atoms with van der Waals surface area (Å²) in [5, 5.41) is 0.466. The molecule has 1 aromatic rings. The second-order valence-corrected chi connectivity index (χ2v) is 4.07. The summed E-state index contributed by atoms with van der Waals surface area (Å²) in [4.78, 5) is 13.0. The highest BCUT2D eigenvalue weighted by molar-refractivity contribution is 6.32. The highest BCUT2D eigenvalue weighted by atomic mass is 35.5. The molecule has 0 radical (unpaired) electrons. The van der Waals surface area contributed by atoms with Gasteiger partial charge in [-0.1, -0.05) is 17.7 Å². The number of ether oxygens (including phenoxy) is 1. The average molecular weight is 243 g/mol. The molecular weight excluding hydrogens is 228 g/mol. The molecule has 1 amide bonds. The zero-order valence-corrected chi connectivity index (χ0v) is 10.3. The first kappa shape index (κ1) is 12.8. The van der Waals surface area contributed by atoms with E-state index in [0.29, 0.717) is 10.8 Å². The SMILES string of the molecule is COc1ccc(C(C(N)=O)N(C)C)cc1Cl. The van der Waals surface area contributed by atoms with Gasteiger partial charge in [0.1, 0.15) is 11.8 Å². The van der Waals surface area contributed by atoms with Crippen LogP contribution in [0.15, 0.2) is 18.2 Å². The van der Waals surface area contributed by atoms with E-state index in [1.807, 2.05) is 0 Å². The number of methoxy groups -OCH3 is 1. The number of halogens is 1. The fourth-order valence-electron chi connectivity index (χ4n) is 1.57. The Kier molecular flexibility index (Phi) is 4.15. The Morgan fingerprint density at radius 3 is 2.50 bits per heavy atom. The molecule has 0 aliphatic rings. The number of carbonyl (C=O) groups is 1. The van der Waals surface area contributed by atoms with Crippen molar-refractivity contribution in [3.8, 4) is 5.75 Å². The lowest BCUT2D eigenvalue weighted by Crippen LogP contribution is -2.32. The standard InChI is InChI=1S/C11H15ClN2O2/c1-14(2)10(11(13)15)7-4-5-9(16-3)8(12)6-7/h4-6,10H,1-3H3,(H2,13,15). The zero-order chi connectivity index (χ0) is 12.3. The molecule has 0 aliphatic carbocycles. The summed E-state index contributed by atoms with van der Waals surface area (Å²) >= 11 is 5.99. The summed E-state index contributed by atoms with van der Waals surface area (Å²) in [6.07, 6.45) is 0. The normalized spacial score (nSPS) is 12.6. The predicted molar refractivity (Wildman–Crippen MR) is 63.6 cm³/mol. The molecule has 0 saturated heterocycles. The summed E-state index contributed by atoms with van der Waals surface area (Å²) in [6.45, 7) is 0. The second kappa shape index (κ2) is 5.18. The van der Waals surface area contributed by atoms with Crippen LogP contribution in [-0.4, -0.2) is 32.0 Å². The van der Waals surface area contributed by atoms with Crippen molar-refractivity contribution in [2.75, 3.05) is 21.2 Å². The van der Waals surface area contributed by atoms with Crippen molar-refractivity contribution in [2.24, 2.45) is 5.73 Å². The van der Waals surface area contributed by atoms with E-state index in [9.17, 15) is 4.79 Å². The number of benzene rings is 1. The number of hydrogen-bond donors (Lipinski definition) is 1. The topological polar surface area (TPSA) is 55.6 Å². The van der Waals surface area contributed by atoms with Gasteiger partial charge in [0.15, 0.2) is 0 Å². The van der Waals surface area contributed by atoms with Crippen LogP contribution in [0.1, 0.15) is 11.6 Å². The van der Waals surface area contributed by atoms with Crippen LogP contribution in [0, 0.1) is 0 Å². The third-order valence-electron chi connectivity index (χ3n) is 2.28. The molecule has 5 heteroatoms. The van der Waals surface area contributed by atoms with Crippen molar-refractivity contribution in [1.29, 1.82) is 0 Å². The highest BCUT2D eigenvalue weighted by Crippen LogP contribution is 2.28. The number of primary amides is 1. The zero-order valence-electron chi connectivity index (χ0n) is 9.53. The van der Waals surface area contributed by atoms with Gasteiger partial charge in [0.05, 0.1) is 12.1 Å². The van der Waals surface area contributed by atoms with Crippen LogP contribution in [0.2, 0.25) is 5.02 Å². The maximum Gasteiger partial charge on any atom is 0.239 e. The number of nitrogens with two attached hydrogens (primary N) is 1. The molecule has 1 rings (SSSR count). The lowest BCUT2D eigenvalue weighted by atomic mass is 10.1. The van der Waals surface area contributed by atoms with E-state index in [1.54, 1.807) is 44.3 Å². The third-order valence-corrected chi connectivity index (χ3v) is 2.57. The van der Waals surface area contributed by atoms with E-state index in [0.717, 1.165) is 5.56 Å². The van der Waals surface area contributed by atoms with Crippen LogP contribution < -0.4 is 10.5 Å². The minimum absolute atomic E-state index is 0.411. The van der Waals surface area contributed by atoms with E-state index in [-0.39, 0.29) is 0 Å². The highest BCUT2D eigenvalue weighted by Gasteiger charge is 2.20. The molecule has 2 N–H and O–H groups in total. The van der Waals surface area contributed by atoms with Gasteiger partial charge >= 0.3 is 0 Å². The summed E-state index contributed by atoms with van der Waals surface area (Å²) < 4.78 is 5.04. The van der Waals surface area contributed by atoms with Crippen LogP contribution in [-0.2, 0) is 4.79 Å². The molecule has 0 fully saturated rings. The average Bonchev–Trinajstić information content (AvgIpc) is 2.16. The first-order valence-electron chi connectivity index (χ1n) is 4.76. The smallest absolute Gasteiger partial charge is 0.239 e. The quantitative estimate of drug-likeness (QED) is 0.869. The van der Waals surface area contributed by atoms with E-state index in [2.05, 4.69) is 0 Å². The van der Waals surface area contributed by atoms with Crippen LogP contribution >= 0.6 is 11.6 Å². The van der Waals surface area contributed by atoms with Crippen molar-refractivity contribution in [3.63, 3.8) is 0 Å². The van der Waals surface area contributed by atoms with Crippen molar-refractivity contribution in [1.82, 2.24) is 4.90 Å². The van der Waals surface area contributed by atoms with Crippen molar-refractivity contribution in [3.05, 3.63) is 28.8 Å². The summed E-state index contributed by atoms with van der Waals surface area (Å²) in [5.74, 6) is 0.165. The molecule has 1 aromatic carbocycles. The Morgan fingerprint density at radius 2 is 2.12 bits per heavy atom. The van der Waals surface area contributed by atoms with E-state index >= 15 is 0 Å². The molecule has 0 bridgehead atoms. The summed E-state index contributed by atoms with van der Waals surface area (Å²) in [6, 6.07) is 4.70. The largest absolute Gasteiger partial charge is 0.495 e. The van der Waals surface area contributed by atoms with Crippen LogP contribution in [0.25, 0.3) is 0 Å². The maximum absolute atomic E-state index is 11.3. The van der Waals surface area contributed by atoms with Crippen LogP contribution in [0.3, 0.4) is 0 Å². The van der Waals surface area contributed by atoms with Gasteiger partial charge in [0.25, 0.3) is 0 Å². The fraction of sp³-hybridized carbons (Fsp3) is 0.364. The number of rotatable bonds is 4. The van der Waals surface area contributed by atoms with Crippen LogP contribution in [0.5, 0.6) is 5.75 Å². The van der Waals surface area contributed by atoms with Gasteiger partial charge < -0.3 is 10.5 Å². The number of likely N-dealkylation sites (N-methyl/N-ethyl adjacent to an activating group) is 1. The van der Waals surface area contributed by atoms with Gasteiger partial charge in [-0.2, -0.15) is 0 Å². The Balaban J connectivity index is 3.12. The van der Waals surface area contributed by atoms with Gasteiger partial charge in [0.2, 0.25) is 5.91 Å². The molecule has 16 heavy (non-hydrogen) atoms. The summed E-state index contributed by atoms with van der Waals surface area (Å²) in [7, 11) is 5.11. The number of carbonyl (C=O) groups excluding carboxylic acids is 1. The lowest BCUT2D eigenvalue weighted by Gasteiger charge is -2.21. The molecule has 0 aromatic heterocycles. The first-order chi connectivity index (χ1) is 7.47. The summed E-state index contributed by atoms with van der Waals surface area (Å²) in [5.41, 5.74) is 6.09. The minimum Gasteiger partial charge on any atom is -0.495 e. The van der Waals surface area contributed by atoms with E-state index < -0.39 is 11.9 Å². The van der Waals surface area contributed by atoms with E-state index in [4.69, 9.17) is 22.1 Å². The van der Waals surface area contributed by atoms with E-state index in [1.165, 1.54) is 0 Å². The Labute approximate surface area is 99.9 Å². The molecule has 0 aliphatic heterocycles. The van der Waals surface area contributed by atoms with Crippen molar-refractivity contribution < 1.29 is 9.53 Å². The Morgan fingerprint density at radius 1 is 1.50 bits per heavy atom. The van der Waals surface area contributed by atoms with Crippen molar-refractivity contribution in [2.45, 2.75) is 6.04 Å². The number of amides is 1. The molecular formula is C11H15ClN2O2. The molecule has 0 heterocycles. The fourth-order valence-corrected chi connectivity index (χ4v) is 1.84. The molecule has 4 nitrogen and oxygen atoms in total. The molecule has 88 valence electrons. The van der Waals surface area contributed by atoms with Gasteiger partial charge in [-0.15, -0.1) is 0 Å². The Hall–Kier alpha value is -1.26. The number of nitrogens with zero attached hydrogens (tertiary/aromatic N) is 1. The Bertz CT molecular complexity index is 394. The molecule has 1 atom stereocenters. The third kappa shape index (κ3) is 2.65. The molecule has 1 unspecified atom stereocenters. The minimum atomic E-state index is -0.483. The van der Waals surface area contributed by atoms with Gasteiger partial charge in [-0.25, -0.2) is 0 Å². The second-order valence-electron chi connectivity index (χ2n) is 3.66. The van der Waals surface area contributed by atoms with Crippen LogP contribution in [0.4, 0.5) is 0 Å². The lowest BCUT2D eigenvalue weighted by molar-refractivity contribution is -0.122. The maximum atomic E-state index is 11.3. The molecule has 0 saturated carbocycles. The first-order valence-corrected chi connectivity index (χ1v) is 5.14.